The highest BCUT2D eigenvalue weighted by atomic mass is 35.5. The van der Waals surface area contributed by atoms with Gasteiger partial charge in [-0.3, -0.25) is 4.79 Å². The summed E-state index contributed by atoms with van der Waals surface area (Å²) in [6, 6.07) is 6.98. The summed E-state index contributed by atoms with van der Waals surface area (Å²) in [6.07, 6.45) is 3.30. The molecular formula is C16H19ClN4O2S. The SMILES string of the molecule is CCN(CC)c1ncc(/C=N/NC(=O)COc2ccccc2Cl)s1. The molecule has 1 aromatic carbocycles. The molecule has 24 heavy (non-hydrogen) atoms. The molecule has 1 amide bonds. The summed E-state index contributed by atoms with van der Waals surface area (Å²) in [5.74, 6) is 0.101. The number of thiazole rings is 1. The number of amides is 1. The molecule has 8 heteroatoms. The fraction of sp³-hybridized carbons (Fsp3) is 0.312. The number of para-hydroxylation sites is 1. The second-order valence-corrected chi connectivity index (χ2v) is 6.18. The highest BCUT2D eigenvalue weighted by molar-refractivity contribution is 7.17. The minimum Gasteiger partial charge on any atom is -0.482 e. The second kappa shape index (κ2) is 9.24. The van der Waals surface area contributed by atoms with Gasteiger partial charge >= 0.3 is 0 Å². The molecule has 0 saturated carbocycles. The van der Waals surface area contributed by atoms with Gasteiger partial charge in [-0.05, 0) is 26.0 Å². The number of benzene rings is 1. The van der Waals surface area contributed by atoms with Crippen LogP contribution >= 0.6 is 22.9 Å². The maximum absolute atomic E-state index is 11.7. The van der Waals surface area contributed by atoms with Crippen molar-refractivity contribution in [3.8, 4) is 5.75 Å². The lowest BCUT2D eigenvalue weighted by Crippen LogP contribution is -2.24. The quantitative estimate of drug-likeness (QED) is 0.575. The van der Waals surface area contributed by atoms with Crippen LogP contribution in [0.1, 0.15) is 18.7 Å². The molecule has 1 heterocycles. The highest BCUT2D eigenvalue weighted by Gasteiger charge is 2.07. The molecule has 1 N–H and O–H groups in total. The lowest BCUT2D eigenvalue weighted by molar-refractivity contribution is -0.123. The number of carbonyl (C=O) groups is 1. The van der Waals surface area contributed by atoms with E-state index in [9.17, 15) is 4.79 Å². The van der Waals surface area contributed by atoms with E-state index in [-0.39, 0.29) is 12.5 Å². The molecule has 0 aliphatic heterocycles. The maximum Gasteiger partial charge on any atom is 0.277 e. The van der Waals surface area contributed by atoms with Crippen molar-refractivity contribution in [1.29, 1.82) is 0 Å². The molecule has 2 rings (SSSR count). The third-order valence-electron chi connectivity index (χ3n) is 3.12. The Hall–Kier alpha value is -2.12. The molecule has 0 fully saturated rings. The maximum atomic E-state index is 11.7. The van der Waals surface area contributed by atoms with Gasteiger partial charge in [0.1, 0.15) is 5.75 Å². The number of nitrogens with zero attached hydrogens (tertiary/aromatic N) is 3. The van der Waals surface area contributed by atoms with Crippen LogP contribution in [-0.4, -0.2) is 36.8 Å². The predicted octanol–water partition coefficient (Wildman–Crippen LogP) is 3.17. The van der Waals surface area contributed by atoms with Crippen molar-refractivity contribution in [3.05, 3.63) is 40.4 Å². The Morgan fingerprint density at radius 1 is 1.42 bits per heavy atom. The van der Waals surface area contributed by atoms with E-state index in [1.807, 2.05) is 0 Å². The number of hydrogen-bond acceptors (Lipinski definition) is 6. The first-order chi connectivity index (χ1) is 11.6. The molecule has 0 aliphatic carbocycles. The van der Waals surface area contributed by atoms with Gasteiger partial charge in [0.25, 0.3) is 5.91 Å². The van der Waals surface area contributed by atoms with Gasteiger partial charge in [-0.15, -0.1) is 0 Å². The van der Waals surface area contributed by atoms with Crippen molar-refractivity contribution in [3.63, 3.8) is 0 Å². The largest absolute Gasteiger partial charge is 0.482 e. The number of hydrazone groups is 1. The van der Waals surface area contributed by atoms with Crippen molar-refractivity contribution in [1.82, 2.24) is 10.4 Å². The Morgan fingerprint density at radius 2 is 2.17 bits per heavy atom. The minimum atomic E-state index is -0.361. The summed E-state index contributed by atoms with van der Waals surface area (Å²) in [4.78, 5) is 19.1. The third-order valence-corrected chi connectivity index (χ3v) is 4.43. The van der Waals surface area contributed by atoms with Crippen LogP contribution in [0.4, 0.5) is 5.13 Å². The van der Waals surface area contributed by atoms with Crippen LogP contribution in [0.15, 0.2) is 35.6 Å². The fourth-order valence-corrected chi connectivity index (χ4v) is 2.99. The standard InChI is InChI=1S/C16H19ClN4O2S/c1-3-21(4-2)16-18-9-12(24-16)10-19-20-15(22)11-23-14-8-6-5-7-13(14)17/h5-10H,3-4,11H2,1-2H3,(H,20,22)/b19-10+. The van der Waals surface area contributed by atoms with E-state index < -0.39 is 0 Å². The van der Waals surface area contributed by atoms with Crippen molar-refractivity contribution in [2.24, 2.45) is 5.10 Å². The molecule has 0 radical (unpaired) electrons. The van der Waals surface area contributed by atoms with Gasteiger partial charge < -0.3 is 9.64 Å². The predicted molar refractivity (Wildman–Crippen MR) is 98.4 cm³/mol. The Morgan fingerprint density at radius 3 is 2.88 bits per heavy atom. The van der Waals surface area contributed by atoms with Crippen molar-refractivity contribution in [2.45, 2.75) is 13.8 Å². The summed E-state index contributed by atoms with van der Waals surface area (Å²) in [5, 5.41) is 5.32. The molecule has 2 aromatic rings. The fourth-order valence-electron chi connectivity index (χ4n) is 1.88. The van der Waals surface area contributed by atoms with Gasteiger partial charge in [0.15, 0.2) is 11.7 Å². The smallest absolute Gasteiger partial charge is 0.277 e. The molecular weight excluding hydrogens is 348 g/mol. The van der Waals surface area contributed by atoms with E-state index in [1.165, 1.54) is 11.3 Å². The van der Waals surface area contributed by atoms with Gasteiger partial charge in [-0.1, -0.05) is 35.1 Å². The van der Waals surface area contributed by atoms with E-state index in [2.05, 4.69) is 34.3 Å². The number of carbonyl (C=O) groups excluding carboxylic acids is 1. The van der Waals surface area contributed by atoms with E-state index >= 15 is 0 Å². The number of ether oxygens (including phenoxy) is 1. The summed E-state index contributed by atoms with van der Waals surface area (Å²) in [5.41, 5.74) is 2.42. The normalized spacial score (nSPS) is 10.8. The lowest BCUT2D eigenvalue weighted by atomic mass is 10.3. The summed E-state index contributed by atoms with van der Waals surface area (Å²) in [7, 11) is 0. The summed E-state index contributed by atoms with van der Waals surface area (Å²) >= 11 is 7.47. The van der Waals surface area contributed by atoms with E-state index in [4.69, 9.17) is 16.3 Å². The Labute approximate surface area is 150 Å². The van der Waals surface area contributed by atoms with Crippen molar-refractivity contribution >= 4 is 40.2 Å². The summed E-state index contributed by atoms with van der Waals surface area (Å²) < 4.78 is 5.33. The number of halogens is 1. The van der Waals surface area contributed by atoms with Gasteiger partial charge in [-0.25, -0.2) is 10.4 Å². The van der Waals surface area contributed by atoms with Crippen LogP contribution < -0.4 is 15.1 Å². The van der Waals surface area contributed by atoms with Crippen LogP contribution in [0.25, 0.3) is 0 Å². The second-order valence-electron chi connectivity index (χ2n) is 4.73. The zero-order chi connectivity index (χ0) is 17.4. The van der Waals surface area contributed by atoms with Crippen LogP contribution in [-0.2, 0) is 4.79 Å². The van der Waals surface area contributed by atoms with Crippen molar-refractivity contribution < 1.29 is 9.53 Å². The molecule has 0 saturated heterocycles. The average Bonchev–Trinajstić information content (AvgIpc) is 3.04. The Kier molecular flexibility index (Phi) is 7.02. The van der Waals surface area contributed by atoms with E-state index in [0.29, 0.717) is 10.8 Å². The molecule has 0 aliphatic rings. The number of anilines is 1. The molecule has 128 valence electrons. The van der Waals surface area contributed by atoms with Crippen LogP contribution in [0.2, 0.25) is 5.02 Å². The molecule has 1 aromatic heterocycles. The van der Waals surface area contributed by atoms with Gasteiger partial charge in [0.05, 0.1) is 16.1 Å². The average molecular weight is 367 g/mol. The van der Waals surface area contributed by atoms with Crippen LogP contribution in [0, 0.1) is 0 Å². The van der Waals surface area contributed by atoms with Crippen LogP contribution in [0.5, 0.6) is 5.75 Å². The van der Waals surface area contributed by atoms with Gasteiger partial charge in [0, 0.05) is 19.3 Å². The first-order valence-electron chi connectivity index (χ1n) is 7.54. The van der Waals surface area contributed by atoms with Crippen molar-refractivity contribution in [2.75, 3.05) is 24.6 Å². The number of nitrogens with one attached hydrogen (secondary N) is 1. The van der Waals surface area contributed by atoms with E-state index in [1.54, 1.807) is 36.7 Å². The topological polar surface area (TPSA) is 66.8 Å². The molecule has 0 bridgehead atoms. The zero-order valence-electron chi connectivity index (χ0n) is 13.5. The number of hydrogen-bond donors (Lipinski definition) is 1. The first-order valence-corrected chi connectivity index (χ1v) is 8.73. The third kappa shape index (κ3) is 5.21. The lowest BCUT2D eigenvalue weighted by Gasteiger charge is -2.16. The summed E-state index contributed by atoms with van der Waals surface area (Å²) in [6.45, 7) is 5.80. The van der Waals surface area contributed by atoms with E-state index in [0.717, 1.165) is 23.1 Å². The molecule has 0 atom stereocenters. The number of rotatable bonds is 8. The molecule has 6 nitrogen and oxygen atoms in total. The Balaban J connectivity index is 1.81. The minimum absolute atomic E-state index is 0.158. The molecule has 0 spiro atoms. The van der Waals surface area contributed by atoms with Crippen LogP contribution in [0.3, 0.4) is 0 Å². The Bertz CT molecular complexity index is 701. The monoisotopic (exact) mass is 366 g/mol. The van der Waals surface area contributed by atoms with Gasteiger partial charge in [0.2, 0.25) is 0 Å². The first kappa shape index (κ1) is 18.2. The number of aromatic nitrogens is 1. The van der Waals surface area contributed by atoms with Gasteiger partial charge in [-0.2, -0.15) is 5.10 Å². The zero-order valence-corrected chi connectivity index (χ0v) is 15.1. The highest BCUT2D eigenvalue weighted by Crippen LogP contribution is 2.23. The molecule has 0 unspecified atom stereocenters.